The van der Waals surface area contributed by atoms with Crippen molar-refractivity contribution >= 4 is 15.9 Å². The van der Waals surface area contributed by atoms with E-state index in [0.29, 0.717) is 12.1 Å². The van der Waals surface area contributed by atoms with E-state index < -0.39 is 22.2 Å². The molecule has 3 atom stereocenters. The monoisotopic (exact) mass is 481 g/mol. The maximum atomic E-state index is 13.5. The highest BCUT2D eigenvalue weighted by molar-refractivity contribution is 7.89. The molecule has 0 saturated heterocycles. The third-order valence-electron chi connectivity index (χ3n) is 5.44. The van der Waals surface area contributed by atoms with E-state index in [1.54, 1.807) is 26.1 Å². The van der Waals surface area contributed by atoms with Gasteiger partial charge >= 0.3 is 0 Å². The summed E-state index contributed by atoms with van der Waals surface area (Å²) in [6.45, 7) is 4.12. The predicted molar refractivity (Wildman–Crippen MR) is 125 cm³/mol. The summed E-state index contributed by atoms with van der Waals surface area (Å²) in [5.41, 5.74) is 0.628. The number of methoxy groups -OCH3 is 1. The van der Waals surface area contributed by atoms with Crippen molar-refractivity contribution in [2.45, 2.75) is 30.9 Å². The molecule has 1 heterocycles. The average Bonchev–Trinajstić information content (AvgIpc) is 2.75. The Hall–Kier alpha value is -2.16. The molecule has 0 fully saturated rings. The Balaban J connectivity index is 2.52. The van der Waals surface area contributed by atoms with Crippen molar-refractivity contribution < 1.29 is 27.8 Å². The van der Waals surface area contributed by atoms with Gasteiger partial charge in [-0.2, -0.15) is 4.31 Å². The Labute approximate surface area is 197 Å². The van der Waals surface area contributed by atoms with Crippen LogP contribution < -0.4 is 4.74 Å². The zero-order valence-electron chi connectivity index (χ0n) is 20.2. The first-order valence-electron chi connectivity index (χ1n) is 10.8. The summed E-state index contributed by atoms with van der Waals surface area (Å²) in [6.07, 6.45) is -0.483. The van der Waals surface area contributed by atoms with E-state index in [4.69, 9.17) is 9.47 Å². The van der Waals surface area contributed by atoms with Crippen LogP contribution in [0.2, 0.25) is 0 Å². The summed E-state index contributed by atoms with van der Waals surface area (Å²) in [4.78, 5) is 15.7. The van der Waals surface area contributed by atoms with Crippen LogP contribution in [0.15, 0.2) is 23.1 Å². The molecule has 0 aromatic heterocycles. The van der Waals surface area contributed by atoms with Crippen LogP contribution in [0.1, 0.15) is 19.4 Å². The summed E-state index contributed by atoms with van der Waals surface area (Å²) in [5, 5.41) is 9.72. The fourth-order valence-corrected chi connectivity index (χ4v) is 5.25. The van der Waals surface area contributed by atoms with Gasteiger partial charge in [0.05, 0.1) is 19.7 Å². The number of hydrogen-bond acceptors (Lipinski definition) is 7. The van der Waals surface area contributed by atoms with Gasteiger partial charge in [0.15, 0.2) is 0 Å². The van der Waals surface area contributed by atoms with Gasteiger partial charge < -0.3 is 19.5 Å². The fourth-order valence-electron chi connectivity index (χ4n) is 3.43. The van der Waals surface area contributed by atoms with Crippen molar-refractivity contribution in [2.24, 2.45) is 5.92 Å². The van der Waals surface area contributed by atoms with Crippen molar-refractivity contribution in [2.75, 3.05) is 61.1 Å². The van der Waals surface area contributed by atoms with Gasteiger partial charge in [0, 0.05) is 38.2 Å². The molecule has 1 aliphatic heterocycles. The molecule has 184 valence electrons. The normalized spacial score (nSPS) is 21.1. The number of sulfonamides is 1. The second-order valence-corrected chi connectivity index (χ2v) is 10.5. The molecule has 0 saturated carbocycles. The third-order valence-corrected chi connectivity index (χ3v) is 7.46. The number of ether oxygens (including phenoxy) is 2. The molecule has 0 unspecified atom stereocenters. The molecule has 1 aliphatic rings. The van der Waals surface area contributed by atoms with Crippen LogP contribution in [0.5, 0.6) is 5.75 Å². The summed E-state index contributed by atoms with van der Waals surface area (Å²) in [7, 11) is 3.01. The van der Waals surface area contributed by atoms with Gasteiger partial charge in [-0.3, -0.25) is 9.69 Å². The Bertz CT molecular complexity index is 986. The molecule has 1 aromatic rings. The quantitative estimate of drug-likeness (QED) is 0.565. The highest BCUT2D eigenvalue weighted by atomic mass is 32.2. The summed E-state index contributed by atoms with van der Waals surface area (Å²) in [5.74, 6) is 5.79. The Kier molecular flexibility index (Phi) is 9.70. The number of hydrogen-bond donors (Lipinski definition) is 1. The molecule has 2 rings (SSSR count). The molecule has 9 nitrogen and oxygen atoms in total. The zero-order valence-corrected chi connectivity index (χ0v) is 21.1. The Morgan fingerprint density at radius 3 is 2.67 bits per heavy atom. The average molecular weight is 482 g/mol. The molecule has 1 N–H and O–H groups in total. The number of nitrogens with zero attached hydrogens (tertiary/aromatic N) is 3. The second-order valence-electron chi connectivity index (χ2n) is 8.65. The SMILES string of the molecule is COCC(=O)N(C)C[C@@H]1Oc2cc(C#CCN(C)C)ccc2S(=O)(=O)N([C@H](C)CO)C[C@H]1C. The Morgan fingerprint density at radius 1 is 1.36 bits per heavy atom. The topological polar surface area (TPSA) is 99.6 Å². The first kappa shape index (κ1) is 27.1. The lowest BCUT2D eigenvalue weighted by Gasteiger charge is -2.37. The first-order chi connectivity index (χ1) is 15.5. The van der Waals surface area contributed by atoms with Gasteiger partial charge in [-0.25, -0.2) is 8.42 Å². The number of fused-ring (bicyclic) bond motifs is 1. The summed E-state index contributed by atoms with van der Waals surface area (Å²) < 4.78 is 39.4. The molecule has 10 heteroatoms. The van der Waals surface area contributed by atoms with Crippen LogP contribution in [0.25, 0.3) is 0 Å². The molecule has 33 heavy (non-hydrogen) atoms. The zero-order chi connectivity index (χ0) is 24.8. The highest BCUT2D eigenvalue weighted by Gasteiger charge is 2.38. The van der Waals surface area contributed by atoms with Crippen molar-refractivity contribution in [3.8, 4) is 17.6 Å². The van der Waals surface area contributed by atoms with Crippen molar-refractivity contribution in [1.29, 1.82) is 0 Å². The minimum Gasteiger partial charge on any atom is -0.487 e. The van der Waals surface area contributed by atoms with E-state index in [-0.39, 0.29) is 48.8 Å². The number of rotatable bonds is 7. The summed E-state index contributed by atoms with van der Waals surface area (Å²) in [6, 6.07) is 4.16. The van der Waals surface area contributed by atoms with Gasteiger partial charge in [-0.05, 0) is 39.2 Å². The molecule has 0 radical (unpaired) electrons. The number of carbonyl (C=O) groups excluding carboxylic acids is 1. The molecule has 0 spiro atoms. The lowest BCUT2D eigenvalue weighted by molar-refractivity contribution is -0.135. The second kappa shape index (κ2) is 11.8. The minimum atomic E-state index is -3.92. The predicted octanol–water partition coefficient (Wildman–Crippen LogP) is 0.473. The lowest BCUT2D eigenvalue weighted by atomic mass is 10.0. The Morgan fingerprint density at radius 2 is 2.06 bits per heavy atom. The molecule has 0 bridgehead atoms. The number of amides is 1. The van der Waals surface area contributed by atoms with Crippen molar-refractivity contribution in [3.05, 3.63) is 23.8 Å². The minimum absolute atomic E-state index is 0.0173. The molecular formula is C23H35N3O6S. The summed E-state index contributed by atoms with van der Waals surface area (Å²) >= 11 is 0. The number of likely N-dealkylation sites (N-methyl/N-ethyl adjacent to an activating group) is 1. The maximum absolute atomic E-state index is 13.5. The lowest BCUT2D eigenvalue weighted by Crippen LogP contribution is -2.50. The van der Waals surface area contributed by atoms with E-state index in [1.165, 1.54) is 22.4 Å². The highest BCUT2D eigenvalue weighted by Crippen LogP contribution is 2.34. The van der Waals surface area contributed by atoms with Gasteiger partial charge in [-0.15, -0.1) is 0 Å². The van der Waals surface area contributed by atoms with E-state index in [0.717, 1.165) is 0 Å². The van der Waals surface area contributed by atoms with Crippen molar-refractivity contribution in [3.63, 3.8) is 0 Å². The number of aliphatic hydroxyl groups excluding tert-OH is 1. The van der Waals surface area contributed by atoms with Gasteiger partial charge in [0.25, 0.3) is 0 Å². The molecular weight excluding hydrogens is 446 g/mol. The van der Waals surface area contributed by atoms with Crippen LogP contribution >= 0.6 is 0 Å². The maximum Gasteiger partial charge on any atom is 0.248 e. The van der Waals surface area contributed by atoms with E-state index in [2.05, 4.69) is 11.8 Å². The molecule has 1 amide bonds. The van der Waals surface area contributed by atoms with Gasteiger partial charge in [0.2, 0.25) is 15.9 Å². The smallest absolute Gasteiger partial charge is 0.248 e. The standard InChI is InChI=1S/C23H35N3O6S/c1-17-13-26(18(2)15-27)33(29,30)22-10-9-19(8-7-11-24(3)4)12-20(22)32-21(17)14-25(5)23(28)16-31-6/h9-10,12,17-18,21,27H,11,13-16H2,1-6H3/t17-,18-,21+/m1/s1. The molecule has 0 aliphatic carbocycles. The number of carbonyl (C=O) groups is 1. The number of aliphatic hydroxyl groups is 1. The van der Waals surface area contributed by atoms with Crippen LogP contribution in [-0.2, 0) is 19.6 Å². The number of benzene rings is 1. The van der Waals surface area contributed by atoms with Gasteiger partial charge in [-0.1, -0.05) is 18.8 Å². The third kappa shape index (κ3) is 6.91. The van der Waals surface area contributed by atoms with Crippen LogP contribution in [-0.4, -0.2) is 107 Å². The van der Waals surface area contributed by atoms with Crippen molar-refractivity contribution in [1.82, 2.24) is 14.1 Å². The van der Waals surface area contributed by atoms with Gasteiger partial charge in [0.1, 0.15) is 23.4 Å². The van der Waals surface area contributed by atoms with Crippen LogP contribution in [0.4, 0.5) is 0 Å². The van der Waals surface area contributed by atoms with Crippen LogP contribution in [0, 0.1) is 17.8 Å². The first-order valence-corrected chi connectivity index (χ1v) is 12.2. The van der Waals surface area contributed by atoms with Crippen LogP contribution in [0.3, 0.4) is 0 Å². The van der Waals surface area contributed by atoms with E-state index >= 15 is 0 Å². The van der Waals surface area contributed by atoms with E-state index in [1.807, 2.05) is 25.9 Å². The molecule has 1 aromatic carbocycles. The fraction of sp³-hybridized carbons (Fsp3) is 0.609. The van der Waals surface area contributed by atoms with E-state index in [9.17, 15) is 18.3 Å². The largest absolute Gasteiger partial charge is 0.487 e.